The summed E-state index contributed by atoms with van der Waals surface area (Å²) in [6.07, 6.45) is 2.63. The third-order valence-corrected chi connectivity index (χ3v) is 4.17. The highest BCUT2D eigenvalue weighted by Gasteiger charge is 2.01. The van der Waals surface area contributed by atoms with Gasteiger partial charge >= 0.3 is 0 Å². The van der Waals surface area contributed by atoms with Crippen molar-refractivity contribution < 1.29 is 0 Å². The van der Waals surface area contributed by atoms with E-state index in [1.807, 2.05) is 18.2 Å². The number of hydrogen-bond donors (Lipinski definition) is 2. The molecule has 2 aromatic rings. The van der Waals surface area contributed by atoms with Crippen LogP contribution >= 0.6 is 0 Å². The number of aliphatic imine (C=N–C) groups is 1. The summed E-state index contributed by atoms with van der Waals surface area (Å²) in [5, 5.41) is 3.14. The quantitative estimate of drug-likeness (QED) is 0.544. The monoisotopic (exact) mass is 339 g/mol. The fraction of sp³-hybridized carbons (Fsp3) is 0.400. The molecule has 0 saturated carbocycles. The molecule has 0 amide bonds. The van der Waals surface area contributed by atoms with Crippen LogP contribution in [0, 0.1) is 0 Å². The van der Waals surface area contributed by atoms with Gasteiger partial charge in [-0.05, 0) is 36.3 Å². The molecule has 1 aromatic heterocycles. The number of guanidine groups is 1. The van der Waals surface area contributed by atoms with Crippen LogP contribution in [0.2, 0.25) is 0 Å². The van der Waals surface area contributed by atoms with Gasteiger partial charge in [0.2, 0.25) is 0 Å². The molecule has 0 radical (unpaired) electrons. The van der Waals surface area contributed by atoms with Gasteiger partial charge in [-0.15, -0.1) is 0 Å². The predicted molar refractivity (Wildman–Crippen MR) is 104 cm³/mol. The van der Waals surface area contributed by atoms with Crippen molar-refractivity contribution in [1.82, 2.24) is 15.2 Å². The molecule has 0 saturated heterocycles. The van der Waals surface area contributed by atoms with Crippen LogP contribution in [0.25, 0.3) is 0 Å². The Morgan fingerprint density at radius 1 is 1.08 bits per heavy atom. The number of hydrogen-bond acceptors (Lipinski definition) is 3. The Balaban J connectivity index is 1.76. The van der Waals surface area contributed by atoms with Crippen LogP contribution in [0.4, 0.5) is 0 Å². The van der Waals surface area contributed by atoms with Gasteiger partial charge in [0.25, 0.3) is 0 Å². The molecule has 25 heavy (non-hydrogen) atoms. The fourth-order valence-corrected chi connectivity index (χ4v) is 2.55. The number of nitrogens with zero attached hydrogens (tertiary/aromatic N) is 3. The summed E-state index contributed by atoms with van der Waals surface area (Å²) < 4.78 is 0. The van der Waals surface area contributed by atoms with Crippen LogP contribution in [0.3, 0.4) is 0 Å². The van der Waals surface area contributed by atoms with E-state index in [1.165, 1.54) is 5.56 Å². The maximum atomic E-state index is 5.93. The molecule has 0 aliphatic rings. The lowest BCUT2D eigenvalue weighted by molar-refractivity contribution is 0.296. The van der Waals surface area contributed by atoms with Crippen molar-refractivity contribution in [1.29, 1.82) is 0 Å². The van der Waals surface area contributed by atoms with Gasteiger partial charge in [-0.25, -0.2) is 4.99 Å². The molecule has 1 aromatic carbocycles. The van der Waals surface area contributed by atoms with Crippen LogP contribution in [-0.4, -0.2) is 35.5 Å². The average molecular weight is 339 g/mol. The van der Waals surface area contributed by atoms with E-state index >= 15 is 0 Å². The van der Waals surface area contributed by atoms with Crippen molar-refractivity contribution in [2.24, 2.45) is 10.7 Å². The van der Waals surface area contributed by atoms with Crippen LogP contribution < -0.4 is 11.1 Å². The van der Waals surface area contributed by atoms with E-state index < -0.39 is 0 Å². The smallest absolute Gasteiger partial charge is 0.188 e. The Labute approximate surface area is 151 Å². The molecule has 0 atom stereocenters. The highest BCUT2D eigenvalue weighted by molar-refractivity contribution is 5.77. The standard InChI is InChI=1S/C20H29N5/c1-3-25(4-2)16-18-10-8-17(9-11-18)15-24-20(21)23-14-12-19-7-5-6-13-22-19/h5-11,13H,3-4,12,14-16H2,1-2H3,(H3,21,23,24). The second-order valence-electron chi connectivity index (χ2n) is 5.98. The zero-order valence-electron chi connectivity index (χ0n) is 15.3. The van der Waals surface area contributed by atoms with Gasteiger partial charge in [-0.1, -0.05) is 44.2 Å². The summed E-state index contributed by atoms with van der Waals surface area (Å²) in [5.74, 6) is 0.475. The molecule has 0 aliphatic heterocycles. The normalized spacial score (nSPS) is 11.7. The van der Waals surface area contributed by atoms with Crippen LogP contribution in [0.1, 0.15) is 30.7 Å². The lowest BCUT2D eigenvalue weighted by atomic mass is 10.1. The molecule has 5 nitrogen and oxygen atoms in total. The molecular formula is C20H29N5. The minimum Gasteiger partial charge on any atom is -0.370 e. The van der Waals surface area contributed by atoms with E-state index in [0.29, 0.717) is 12.5 Å². The van der Waals surface area contributed by atoms with Gasteiger partial charge in [0.1, 0.15) is 0 Å². The number of nitrogens with two attached hydrogens (primary N) is 1. The van der Waals surface area contributed by atoms with E-state index in [0.717, 1.165) is 43.9 Å². The van der Waals surface area contributed by atoms with Crippen molar-refractivity contribution in [2.75, 3.05) is 19.6 Å². The summed E-state index contributed by atoms with van der Waals surface area (Å²) in [7, 11) is 0. The van der Waals surface area contributed by atoms with Crippen molar-refractivity contribution >= 4 is 5.96 Å². The van der Waals surface area contributed by atoms with Gasteiger partial charge in [0, 0.05) is 31.4 Å². The summed E-state index contributed by atoms with van der Waals surface area (Å²) in [6.45, 7) is 8.84. The first kappa shape index (κ1) is 18.9. The lowest BCUT2D eigenvalue weighted by Gasteiger charge is -2.17. The first-order valence-corrected chi connectivity index (χ1v) is 8.95. The molecule has 0 aliphatic carbocycles. The molecule has 134 valence electrons. The Bertz CT molecular complexity index is 633. The van der Waals surface area contributed by atoms with Crippen LogP contribution in [0.15, 0.2) is 53.7 Å². The summed E-state index contributed by atoms with van der Waals surface area (Å²) in [5.41, 5.74) is 9.47. The molecule has 0 bridgehead atoms. The third-order valence-electron chi connectivity index (χ3n) is 4.17. The minimum absolute atomic E-state index is 0.475. The zero-order valence-corrected chi connectivity index (χ0v) is 15.3. The first-order valence-electron chi connectivity index (χ1n) is 8.95. The molecule has 1 heterocycles. The van der Waals surface area contributed by atoms with E-state index in [4.69, 9.17) is 5.73 Å². The summed E-state index contributed by atoms with van der Waals surface area (Å²) in [4.78, 5) is 11.1. The number of aromatic nitrogens is 1. The molecular weight excluding hydrogens is 310 g/mol. The highest BCUT2D eigenvalue weighted by atomic mass is 15.1. The SMILES string of the molecule is CCN(CC)Cc1ccc(CN=C(N)NCCc2ccccn2)cc1. The number of pyridine rings is 1. The summed E-state index contributed by atoms with van der Waals surface area (Å²) >= 11 is 0. The van der Waals surface area contributed by atoms with E-state index in [9.17, 15) is 0 Å². The topological polar surface area (TPSA) is 66.5 Å². The molecule has 0 fully saturated rings. The minimum atomic E-state index is 0.475. The first-order chi connectivity index (χ1) is 12.2. The number of benzene rings is 1. The predicted octanol–water partition coefficient (Wildman–Crippen LogP) is 2.57. The van der Waals surface area contributed by atoms with E-state index in [1.54, 1.807) is 6.20 Å². The zero-order chi connectivity index (χ0) is 17.9. The van der Waals surface area contributed by atoms with Gasteiger partial charge in [-0.3, -0.25) is 9.88 Å². The second-order valence-corrected chi connectivity index (χ2v) is 5.98. The number of rotatable bonds is 9. The van der Waals surface area contributed by atoms with Gasteiger partial charge in [0.15, 0.2) is 5.96 Å². The Morgan fingerprint density at radius 2 is 1.80 bits per heavy atom. The highest BCUT2D eigenvalue weighted by Crippen LogP contribution is 2.08. The van der Waals surface area contributed by atoms with Gasteiger partial charge in [-0.2, -0.15) is 0 Å². The Hall–Kier alpha value is -2.40. The van der Waals surface area contributed by atoms with Gasteiger partial charge in [0.05, 0.1) is 6.54 Å². The van der Waals surface area contributed by atoms with Crippen molar-refractivity contribution in [3.63, 3.8) is 0 Å². The number of nitrogens with one attached hydrogen (secondary N) is 1. The van der Waals surface area contributed by atoms with Crippen LogP contribution in [0.5, 0.6) is 0 Å². The molecule has 2 rings (SSSR count). The molecule has 0 unspecified atom stereocenters. The maximum Gasteiger partial charge on any atom is 0.188 e. The van der Waals surface area contributed by atoms with Crippen molar-refractivity contribution in [2.45, 2.75) is 33.4 Å². The second kappa shape index (κ2) is 10.5. The Morgan fingerprint density at radius 3 is 2.44 bits per heavy atom. The maximum absolute atomic E-state index is 5.93. The third kappa shape index (κ3) is 6.93. The lowest BCUT2D eigenvalue weighted by Crippen LogP contribution is -2.33. The van der Waals surface area contributed by atoms with Gasteiger partial charge < -0.3 is 11.1 Å². The van der Waals surface area contributed by atoms with E-state index in [2.05, 4.69) is 58.3 Å². The Kier molecular flexibility index (Phi) is 7.92. The largest absolute Gasteiger partial charge is 0.370 e. The molecule has 0 spiro atoms. The molecule has 5 heteroatoms. The van der Waals surface area contributed by atoms with E-state index in [-0.39, 0.29) is 0 Å². The van der Waals surface area contributed by atoms with Crippen molar-refractivity contribution in [3.05, 3.63) is 65.5 Å². The van der Waals surface area contributed by atoms with Crippen molar-refractivity contribution in [3.8, 4) is 0 Å². The van der Waals surface area contributed by atoms with Crippen LogP contribution in [-0.2, 0) is 19.5 Å². The molecule has 3 N–H and O–H groups in total. The average Bonchev–Trinajstić information content (AvgIpc) is 2.66. The fourth-order valence-electron chi connectivity index (χ4n) is 2.55. The summed E-state index contributed by atoms with van der Waals surface area (Å²) in [6, 6.07) is 14.5.